The summed E-state index contributed by atoms with van der Waals surface area (Å²) in [6.45, 7) is 1.84. The summed E-state index contributed by atoms with van der Waals surface area (Å²) < 4.78 is 21.4. The summed E-state index contributed by atoms with van der Waals surface area (Å²) in [5.41, 5.74) is 0.523. The molecule has 0 spiro atoms. The highest BCUT2D eigenvalue weighted by molar-refractivity contribution is 7.92. The normalized spacial score (nSPS) is 11.8. The van der Waals surface area contributed by atoms with Crippen molar-refractivity contribution < 1.29 is 8.42 Å². The molecule has 0 N–H and O–H groups in total. The van der Waals surface area contributed by atoms with E-state index >= 15 is 0 Å². The summed E-state index contributed by atoms with van der Waals surface area (Å²) in [5, 5.41) is 2.59. The Morgan fingerprint density at radius 1 is 1.64 bits per heavy atom. The molecule has 1 aromatic rings. The van der Waals surface area contributed by atoms with E-state index in [1.54, 1.807) is 5.38 Å². The van der Waals surface area contributed by atoms with Crippen molar-refractivity contribution in [3.8, 4) is 0 Å². The van der Waals surface area contributed by atoms with Gasteiger partial charge in [-0.15, -0.1) is 11.3 Å². The van der Waals surface area contributed by atoms with Gasteiger partial charge in [-0.2, -0.15) is 0 Å². The van der Waals surface area contributed by atoms with Gasteiger partial charge in [-0.25, -0.2) is 13.4 Å². The van der Waals surface area contributed by atoms with Crippen molar-refractivity contribution in [3.05, 3.63) is 21.8 Å². The Bertz CT molecular complexity index is 339. The standard InChI is InChI=1S/C6H8NO2S2/c1-5-7-6(3-10-5)4-11(2,8)9/h3-4H,1-2H3. The molecule has 0 fully saturated rings. The molecule has 0 aliphatic rings. The predicted octanol–water partition coefficient (Wildman–Crippen LogP) is 1.01. The van der Waals surface area contributed by atoms with Gasteiger partial charge in [0.05, 0.1) is 10.7 Å². The monoisotopic (exact) mass is 190 g/mol. The molecule has 1 rings (SSSR count). The maximum atomic E-state index is 10.7. The van der Waals surface area contributed by atoms with Crippen molar-refractivity contribution in [1.82, 2.24) is 4.98 Å². The third-order valence-electron chi connectivity index (χ3n) is 0.972. The third-order valence-corrected chi connectivity index (χ3v) is 2.43. The van der Waals surface area contributed by atoms with E-state index < -0.39 is 9.84 Å². The Labute approximate surface area is 70.0 Å². The maximum absolute atomic E-state index is 10.7. The Morgan fingerprint density at radius 2 is 2.27 bits per heavy atom. The summed E-state index contributed by atoms with van der Waals surface area (Å²) in [4.78, 5) is 3.98. The first-order valence-corrected chi connectivity index (χ1v) is 5.78. The van der Waals surface area contributed by atoms with Gasteiger partial charge in [-0.05, 0) is 6.92 Å². The molecular formula is C6H8NO2S2. The van der Waals surface area contributed by atoms with E-state index in [-0.39, 0.29) is 0 Å². The van der Waals surface area contributed by atoms with E-state index in [0.29, 0.717) is 5.69 Å². The molecule has 61 valence electrons. The molecule has 0 aliphatic carbocycles. The fraction of sp³-hybridized carbons (Fsp3) is 0.333. The Kier molecular flexibility index (Phi) is 2.29. The number of aromatic nitrogens is 1. The predicted molar refractivity (Wildman–Crippen MR) is 45.1 cm³/mol. The molecular weight excluding hydrogens is 182 g/mol. The highest BCUT2D eigenvalue weighted by Gasteiger charge is 2.07. The van der Waals surface area contributed by atoms with E-state index in [2.05, 4.69) is 4.98 Å². The van der Waals surface area contributed by atoms with Gasteiger partial charge < -0.3 is 0 Å². The van der Waals surface area contributed by atoms with Crippen LogP contribution in [0.1, 0.15) is 10.7 Å². The number of rotatable bonds is 2. The van der Waals surface area contributed by atoms with Gasteiger partial charge >= 0.3 is 0 Å². The van der Waals surface area contributed by atoms with E-state index in [0.717, 1.165) is 17.0 Å². The van der Waals surface area contributed by atoms with Crippen molar-refractivity contribution in [1.29, 1.82) is 0 Å². The van der Waals surface area contributed by atoms with Gasteiger partial charge in [0.2, 0.25) is 0 Å². The molecule has 0 aliphatic heterocycles. The quantitative estimate of drug-likeness (QED) is 0.699. The summed E-state index contributed by atoms with van der Waals surface area (Å²) in [5.74, 6) is 1.16. The lowest BCUT2D eigenvalue weighted by atomic mass is 10.6. The highest BCUT2D eigenvalue weighted by atomic mass is 32.2. The van der Waals surface area contributed by atoms with Crippen molar-refractivity contribution in [2.24, 2.45) is 0 Å². The number of hydrogen-bond donors (Lipinski definition) is 0. The summed E-state index contributed by atoms with van der Waals surface area (Å²) in [6.07, 6.45) is 1.15. The lowest BCUT2D eigenvalue weighted by molar-refractivity contribution is 0.607. The zero-order valence-electron chi connectivity index (χ0n) is 6.23. The van der Waals surface area contributed by atoms with Crippen LogP contribution in [0.25, 0.3) is 0 Å². The van der Waals surface area contributed by atoms with Crippen LogP contribution in [-0.2, 0) is 9.84 Å². The number of hydrogen-bond acceptors (Lipinski definition) is 4. The smallest absolute Gasteiger partial charge is 0.157 e. The Morgan fingerprint density at radius 3 is 2.64 bits per heavy atom. The zero-order chi connectivity index (χ0) is 8.48. The summed E-state index contributed by atoms with van der Waals surface area (Å²) >= 11 is 1.44. The molecule has 0 unspecified atom stereocenters. The largest absolute Gasteiger partial charge is 0.245 e. The average molecular weight is 190 g/mol. The van der Waals surface area contributed by atoms with Crippen LogP contribution in [-0.4, -0.2) is 19.7 Å². The van der Waals surface area contributed by atoms with Crippen molar-refractivity contribution in [3.63, 3.8) is 0 Å². The number of aryl methyl sites for hydroxylation is 1. The molecule has 1 heterocycles. The van der Waals surface area contributed by atoms with Crippen LogP contribution in [0.2, 0.25) is 0 Å². The lowest BCUT2D eigenvalue weighted by Gasteiger charge is -1.89. The summed E-state index contributed by atoms with van der Waals surface area (Å²) in [6, 6.07) is 0. The van der Waals surface area contributed by atoms with Crippen LogP contribution in [0.15, 0.2) is 5.38 Å². The van der Waals surface area contributed by atoms with Gasteiger partial charge in [0.1, 0.15) is 5.75 Å². The van der Waals surface area contributed by atoms with Crippen molar-refractivity contribution >= 4 is 21.2 Å². The fourth-order valence-electron chi connectivity index (χ4n) is 0.654. The van der Waals surface area contributed by atoms with E-state index in [1.165, 1.54) is 11.3 Å². The van der Waals surface area contributed by atoms with Crippen molar-refractivity contribution in [2.75, 3.05) is 6.26 Å². The molecule has 0 bridgehead atoms. The van der Waals surface area contributed by atoms with Gasteiger partial charge in [0.25, 0.3) is 0 Å². The molecule has 1 radical (unpaired) electrons. The minimum absolute atomic E-state index is 0.523. The van der Waals surface area contributed by atoms with Crippen LogP contribution < -0.4 is 0 Å². The molecule has 1 aromatic heterocycles. The van der Waals surface area contributed by atoms with Crippen LogP contribution in [0.4, 0.5) is 0 Å². The Hall–Kier alpha value is -0.420. The number of thiazole rings is 1. The molecule has 0 saturated heterocycles. The van der Waals surface area contributed by atoms with Gasteiger partial charge in [0, 0.05) is 11.6 Å². The second-order valence-corrected chi connectivity index (χ2v) is 5.20. The van der Waals surface area contributed by atoms with Gasteiger partial charge in [-0.3, -0.25) is 0 Å². The third kappa shape index (κ3) is 2.98. The van der Waals surface area contributed by atoms with Crippen LogP contribution in [0.5, 0.6) is 0 Å². The first-order chi connectivity index (χ1) is 4.97. The van der Waals surface area contributed by atoms with Crippen molar-refractivity contribution in [2.45, 2.75) is 6.92 Å². The topological polar surface area (TPSA) is 47.0 Å². The van der Waals surface area contributed by atoms with E-state index in [1.807, 2.05) is 6.92 Å². The maximum Gasteiger partial charge on any atom is 0.157 e. The first-order valence-electron chi connectivity index (χ1n) is 2.94. The van der Waals surface area contributed by atoms with Gasteiger partial charge in [0.15, 0.2) is 9.84 Å². The molecule has 0 saturated carbocycles. The SMILES string of the molecule is Cc1nc([CH]S(C)(=O)=O)cs1. The van der Waals surface area contributed by atoms with Crippen LogP contribution >= 0.6 is 11.3 Å². The average Bonchev–Trinajstić information content (AvgIpc) is 2.10. The molecule has 0 amide bonds. The van der Waals surface area contributed by atoms with Crippen LogP contribution in [0, 0.1) is 12.7 Å². The van der Waals surface area contributed by atoms with E-state index in [4.69, 9.17) is 0 Å². The molecule has 5 heteroatoms. The zero-order valence-corrected chi connectivity index (χ0v) is 7.87. The minimum Gasteiger partial charge on any atom is -0.245 e. The van der Waals surface area contributed by atoms with Gasteiger partial charge in [-0.1, -0.05) is 0 Å². The summed E-state index contributed by atoms with van der Waals surface area (Å²) in [7, 11) is -3.04. The van der Waals surface area contributed by atoms with Crippen LogP contribution in [0.3, 0.4) is 0 Å². The Balaban J connectivity index is 2.81. The second-order valence-electron chi connectivity index (χ2n) is 2.24. The number of nitrogens with zero attached hydrogens (tertiary/aromatic N) is 1. The fourth-order valence-corrected chi connectivity index (χ4v) is 1.87. The lowest BCUT2D eigenvalue weighted by Crippen LogP contribution is -1.97. The highest BCUT2D eigenvalue weighted by Crippen LogP contribution is 2.11. The van der Waals surface area contributed by atoms with E-state index in [9.17, 15) is 8.42 Å². The first kappa shape index (κ1) is 8.67. The molecule has 0 aromatic carbocycles. The molecule has 0 atom stereocenters. The molecule has 3 nitrogen and oxygen atoms in total. The second kappa shape index (κ2) is 2.91. The molecule has 11 heavy (non-hydrogen) atoms. The minimum atomic E-state index is -3.04. The number of sulfone groups is 1.